The fourth-order valence-electron chi connectivity index (χ4n) is 3.52. The Hall–Kier alpha value is -3.08. The number of aromatic nitrogens is 2. The first-order valence-corrected chi connectivity index (χ1v) is 9.61. The number of rotatable bonds is 5. The zero-order chi connectivity index (χ0) is 19.6. The summed E-state index contributed by atoms with van der Waals surface area (Å²) >= 11 is 0. The third kappa shape index (κ3) is 4.09. The number of nitrogens with zero attached hydrogens (tertiary/aromatic N) is 3. The second kappa shape index (κ2) is 7.50. The largest absolute Gasteiger partial charge is 0.489 e. The van der Waals surface area contributed by atoms with Gasteiger partial charge < -0.3 is 9.64 Å². The Balaban J connectivity index is 1.46. The van der Waals surface area contributed by atoms with Gasteiger partial charge in [-0.2, -0.15) is 0 Å². The first kappa shape index (κ1) is 18.3. The molecule has 2 aromatic heterocycles. The molecule has 0 N–H and O–H groups in total. The lowest BCUT2D eigenvalue weighted by atomic mass is 9.93. The molecule has 0 radical (unpaired) electrons. The van der Waals surface area contributed by atoms with Crippen LogP contribution in [0.4, 0.5) is 5.82 Å². The number of hydrogen-bond acceptors (Lipinski definition) is 4. The molecule has 28 heavy (non-hydrogen) atoms. The number of anilines is 1. The van der Waals surface area contributed by atoms with Crippen LogP contribution in [0.2, 0.25) is 0 Å². The molecule has 5 heteroatoms. The molecule has 1 saturated heterocycles. The maximum Gasteiger partial charge on any atom is 0.258 e. The molecule has 1 aromatic carbocycles. The van der Waals surface area contributed by atoms with Gasteiger partial charge in [-0.05, 0) is 35.6 Å². The zero-order valence-corrected chi connectivity index (χ0v) is 16.3. The van der Waals surface area contributed by atoms with Gasteiger partial charge in [0.2, 0.25) is 0 Å². The van der Waals surface area contributed by atoms with Crippen LogP contribution < -0.4 is 15.2 Å². The molecular weight excluding hydrogens is 350 g/mol. The van der Waals surface area contributed by atoms with E-state index in [9.17, 15) is 4.79 Å². The Morgan fingerprint density at radius 1 is 1.11 bits per heavy atom. The molecule has 0 spiro atoms. The van der Waals surface area contributed by atoms with Crippen molar-refractivity contribution in [2.45, 2.75) is 26.9 Å². The van der Waals surface area contributed by atoms with E-state index in [1.807, 2.05) is 42.5 Å². The minimum atomic E-state index is -0.137. The summed E-state index contributed by atoms with van der Waals surface area (Å²) in [6.45, 7) is 7.02. The molecule has 5 nitrogen and oxygen atoms in total. The van der Waals surface area contributed by atoms with E-state index in [4.69, 9.17) is 4.74 Å². The Bertz CT molecular complexity index is 994. The molecular formula is C23H25N3O2. The first-order valence-electron chi connectivity index (χ1n) is 9.61. The van der Waals surface area contributed by atoms with E-state index < -0.39 is 0 Å². The fourth-order valence-corrected chi connectivity index (χ4v) is 3.52. The molecule has 1 fully saturated rings. The van der Waals surface area contributed by atoms with Gasteiger partial charge in [0.1, 0.15) is 18.2 Å². The quantitative estimate of drug-likeness (QED) is 0.675. The molecule has 0 amide bonds. The van der Waals surface area contributed by atoms with Crippen LogP contribution in [0.1, 0.15) is 25.8 Å². The first-order chi connectivity index (χ1) is 13.5. The average molecular weight is 375 g/mol. The van der Waals surface area contributed by atoms with Crippen molar-refractivity contribution in [2.24, 2.45) is 5.41 Å². The molecule has 3 heterocycles. The Labute approximate surface area is 165 Å². The predicted molar refractivity (Wildman–Crippen MR) is 111 cm³/mol. The van der Waals surface area contributed by atoms with Crippen LogP contribution in [0.25, 0.3) is 5.69 Å². The Morgan fingerprint density at radius 3 is 2.57 bits per heavy atom. The fraction of sp³-hybridized carbons (Fsp3) is 0.304. The third-order valence-electron chi connectivity index (χ3n) is 5.15. The van der Waals surface area contributed by atoms with Crippen molar-refractivity contribution in [3.8, 4) is 11.4 Å². The van der Waals surface area contributed by atoms with Crippen LogP contribution in [-0.2, 0) is 6.61 Å². The normalized spacial score (nSPS) is 15.6. The van der Waals surface area contributed by atoms with Gasteiger partial charge >= 0.3 is 0 Å². The number of hydrogen-bond donors (Lipinski definition) is 0. The number of ether oxygens (including phenoxy) is 1. The van der Waals surface area contributed by atoms with Crippen molar-refractivity contribution in [1.82, 2.24) is 9.55 Å². The van der Waals surface area contributed by atoms with Crippen molar-refractivity contribution in [2.75, 3.05) is 18.0 Å². The SMILES string of the molecule is CC1(C)CCN(c2ccc(-n3ccc(OCc4ccccc4)cc3=O)cn2)C1. The van der Waals surface area contributed by atoms with Crippen LogP contribution in [-0.4, -0.2) is 22.6 Å². The molecule has 0 saturated carbocycles. The number of benzene rings is 1. The summed E-state index contributed by atoms with van der Waals surface area (Å²) in [5.74, 6) is 1.53. The van der Waals surface area contributed by atoms with Gasteiger partial charge in [-0.25, -0.2) is 4.98 Å². The summed E-state index contributed by atoms with van der Waals surface area (Å²) in [6, 6.07) is 17.1. The molecule has 0 unspecified atom stereocenters. The summed E-state index contributed by atoms with van der Waals surface area (Å²) < 4.78 is 7.32. The lowest BCUT2D eigenvalue weighted by Crippen LogP contribution is -2.23. The highest BCUT2D eigenvalue weighted by Gasteiger charge is 2.29. The Morgan fingerprint density at radius 2 is 1.93 bits per heavy atom. The second-order valence-corrected chi connectivity index (χ2v) is 8.06. The van der Waals surface area contributed by atoms with Crippen LogP contribution in [0.3, 0.4) is 0 Å². The van der Waals surface area contributed by atoms with E-state index in [1.54, 1.807) is 23.0 Å². The summed E-state index contributed by atoms with van der Waals surface area (Å²) in [5.41, 5.74) is 2.01. The van der Waals surface area contributed by atoms with Crippen LogP contribution >= 0.6 is 0 Å². The van der Waals surface area contributed by atoms with Gasteiger partial charge in [-0.15, -0.1) is 0 Å². The van der Waals surface area contributed by atoms with Crippen molar-refractivity contribution < 1.29 is 4.74 Å². The summed E-state index contributed by atoms with van der Waals surface area (Å²) in [5, 5.41) is 0. The smallest absolute Gasteiger partial charge is 0.258 e. The van der Waals surface area contributed by atoms with Crippen LogP contribution in [0.5, 0.6) is 5.75 Å². The monoisotopic (exact) mass is 375 g/mol. The number of pyridine rings is 2. The topological polar surface area (TPSA) is 47.4 Å². The zero-order valence-electron chi connectivity index (χ0n) is 16.3. The molecule has 4 rings (SSSR count). The van der Waals surface area contributed by atoms with Crippen LogP contribution in [0, 0.1) is 5.41 Å². The van der Waals surface area contributed by atoms with Gasteiger partial charge in [0.25, 0.3) is 5.56 Å². The van der Waals surface area contributed by atoms with Crippen molar-refractivity contribution >= 4 is 5.82 Å². The maximum absolute atomic E-state index is 12.5. The van der Waals surface area contributed by atoms with Crippen LogP contribution in [0.15, 0.2) is 71.8 Å². The molecule has 144 valence electrons. The van der Waals surface area contributed by atoms with Crippen molar-refractivity contribution in [3.05, 3.63) is 82.9 Å². The summed E-state index contributed by atoms with van der Waals surface area (Å²) in [6.07, 6.45) is 4.66. The summed E-state index contributed by atoms with van der Waals surface area (Å²) in [7, 11) is 0. The van der Waals surface area contributed by atoms with E-state index in [-0.39, 0.29) is 5.56 Å². The highest BCUT2D eigenvalue weighted by Crippen LogP contribution is 2.31. The second-order valence-electron chi connectivity index (χ2n) is 8.06. The minimum absolute atomic E-state index is 0.137. The van der Waals surface area contributed by atoms with E-state index >= 15 is 0 Å². The lowest BCUT2D eigenvalue weighted by molar-refractivity contribution is 0.305. The van der Waals surface area contributed by atoms with E-state index in [1.165, 1.54) is 12.5 Å². The van der Waals surface area contributed by atoms with E-state index in [0.29, 0.717) is 17.8 Å². The Kier molecular flexibility index (Phi) is 4.90. The van der Waals surface area contributed by atoms with Gasteiger partial charge in [0.15, 0.2) is 0 Å². The molecule has 3 aromatic rings. The van der Waals surface area contributed by atoms with Gasteiger partial charge in [0, 0.05) is 25.4 Å². The van der Waals surface area contributed by atoms with Gasteiger partial charge in [0.05, 0.1) is 11.9 Å². The standard InChI is InChI=1S/C23H25N3O2/c1-23(2)11-13-25(17-23)21-9-8-19(15-24-21)26-12-10-20(14-22(26)27)28-16-18-6-4-3-5-7-18/h3-10,12,14-15H,11,13,16-17H2,1-2H3. The van der Waals surface area contributed by atoms with Gasteiger partial charge in [-0.3, -0.25) is 9.36 Å². The molecule has 0 atom stereocenters. The highest BCUT2D eigenvalue weighted by molar-refractivity contribution is 5.45. The van der Waals surface area contributed by atoms with Crippen molar-refractivity contribution in [3.63, 3.8) is 0 Å². The lowest BCUT2D eigenvalue weighted by Gasteiger charge is -2.20. The molecule has 1 aliphatic heterocycles. The average Bonchev–Trinajstić information content (AvgIpc) is 3.07. The van der Waals surface area contributed by atoms with Gasteiger partial charge in [-0.1, -0.05) is 44.2 Å². The van der Waals surface area contributed by atoms with Crippen molar-refractivity contribution in [1.29, 1.82) is 0 Å². The van der Waals surface area contributed by atoms with E-state index in [2.05, 4.69) is 23.7 Å². The molecule has 0 bridgehead atoms. The predicted octanol–water partition coefficient (Wildman–Crippen LogP) is 4.05. The third-order valence-corrected chi connectivity index (χ3v) is 5.15. The van der Waals surface area contributed by atoms with E-state index in [0.717, 1.165) is 30.2 Å². The summed E-state index contributed by atoms with van der Waals surface area (Å²) in [4.78, 5) is 19.4. The molecule has 1 aliphatic rings. The maximum atomic E-state index is 12.5. The highest BCUT2D eigenvalue weighted by atomic mass is 16.5. The minimum Gasteiger partial charge on any atom is -0.489 e. The molecule has 0 aliphatic carbocycles.